The number of allylic oxidation sites excluding steroid dienone is 4. The zero-order valence-corrected chi connectivity index (χ0v) is 16.4. The molecule has 0 aromatic heterocycles. The van der Waals surface area contributed by atoms with Crippen molar-refractivity contribution in [1.29, 1.82) is 0 Å². The van der Waals surface area contributed by atoms with E-state index in [4.69, 9.17) is 0 Å². The lowest BCUT2D eigenvalue weighted by Gasteiger charge is -2.09. The van der Waals surface area contributed by atoms with Crippen LogP contribution in [0.25, 0.3) is 0 Å². The molecule has 126 valence electrons. The summed E-state index contributed by atoms with van der Waals surface area (Å²) in [5.41, 5.74) is 7.06. The second-order valence-electron chi connectivity index (χ2n) is 6.27. The number of aryl methyl sites for hydroxylation is 3. The molecule has 0 unspecified atom stereocenters. The molecule has 0 aliphatic carbocycles. The molecule has 0 N–H and O–H groups in total. The zero-order valence-electron chi connectivity index (χ0n) is 15.5. The van der Waals surface area contributed by atoms with Crippen LogP contribution in [0.15, 0.2) is 52.3 Å². The smallest absolute Gasteiger partial charge is 0.0177 e. The van der Waals surface area contributed by atoms with Gasteiger partial charge in [0.2, 0.25) is 0 Å². The fourth-order valence-electron chi connectivity index (χ4n) is 2.68. The van der Waals surface area contributed by atoms with Crippen molar-refractivity contribution in [3.63, 3.8) is 0 Å². The molecular weight excluding hydrogens is 296 g/mol. The van der Waals surface area contributed by atoms with Crippen molar-refractivity contribution in [2.45, 2.75) is 66.7 Å². The fraction of sp³-hybridized carbons (Fsp3) is 0.455. The van der Waals surface area contributed by atoms with E-state index in [1.165, 1.54) is 45.6 Å². The summed E-state index contributed by atoms with van der Waals surface area (Å²) < 4.78 is 0. The van der Waals surface area contributed by atoms with Gasteiger partial charge in [-0.1, -0.05) is 56.7 Å². The molecule has 0 nitrogen and oxygen atoms in total. The molecule has 1 heteroatoms. The molecule has 1 aromatic rings. The molecule has 23 heavy (non-hydrogen) atoms. The maximum absolute atomic E-state index is 4.24. The first kappa shape index (κ1) is 19.8. The summed E-state index contributed by atoms with van der Waals surface area (Å²) in [4.78, 5) is 1.25. The van der Waals surface area contributed by atoms with E-state index in [0.29, 0.717) is 0 Å². The molecule has 0 radical (unpaired) electrons. The standard InChI is InChI=1S/C22H32S/c1-7-9-21(10-8-2)19(5)16-23-20(6)12-14-22-13-11-17(3)15-18(22)4/h9,11,13,15-16H,6-8,10,12,14H2,1-5H3/b19-16+,21-9+. The number of rotatable bonds is 9. The SMILES string of the molecule is C=C(CCc1ccc(C)cc1C)S/C=C(C)/C(=C/CC)CCC. The molecule has 0 aliphatic rings. The van der Waals surface area contributed by atoms with Gasteiger partial charge in [0.05, 0.1) is 0 Å². The van der Waals surface area contributed by atoms with Gasteiger partial charge in [-0.05, 0) is 79.0 Å². The third-order valence-corrected chi connectivity index (χ3v) is 5.06. The van der Waals surface area contributed by atoms with Gasteiger partial charge in [-0.3, -0.25) is 0 Å². The second-order valence-corrected chi connectivity index (χ2v) is 7.32. The number of hydrogen-bond donors (Lipinski definition) is 0. The average molecular weight is 329 g/mol. The molecule has 0 amide bonds. The largest absolute Gasteiger partial charge is 0.103 e. The maximum atomic E-state index is 4.24. The quantitative estimate of drug-likeness (QED) is 0.422. The lowest BCUT2D eigenvalue weighted by molar-refractivity contribution is 0.903. The van der Waals surface area contributed by atoms with Gasteiger partial charge >= 0.3 is 0 Å². The Kier molecular flexibility index (Phi) is 9.09. The highest BCUT2D eigenvalue weighted by Crippen LogP contribution is 2.26. The summed E-state index contributed by atoms with van der Waals surface area (Å²) in [6, 6.07) is 6.73. The lowest BCUT2D eigenvalue weighted by atomic mass is 10.0. The Morgan fingerprint density at radius 2 is 1.91 bits per heavy atom. The minimum Gasteiger partial charge on any atom is -0.103 e. The molecule has 1 rings (SSSR count). The van der Waals surface area contributed by atoms with Crippen molar-refractivity contribution in [1.82, 2.24) is 0 Å². The fourth-order valence-corrected chi connectivity index (χ4v) is 3.40. The van der Waals surface area contributed by atoms with Gasteiger partial charge in [0, 0.05) is 0 Å². The van der Waals surface area contributed by atoms with Gasteiger partial charge in [0.25, 0.3) is 0 Å². The van der Waals surface area contributed by atoms with Gasteiger partial charge in [-0.2, -0.15) is 0 Å². The highest BCUT2D eigenvalue weighted by atomic mass is 32.2. The summed E-state index contributed by atoms with van der Waals surface area (Å²) >= 11 is 1.80. The predicted molar refractivity (Wildman–Crippen MR) is 108 cm³/mol. The number of thioether (sulfide) groups is 1. The normalized spacial score (nSPS) is 12.6. The minimum atomic E-state index is 1.04. The maximum Gasteiger partial charge on any atom is -0.0177 e. The van der Waals surface area contributed by atoms with E-state index in [9.17, 15) is 0 Å². The monoisotopic (exact) mass is 328 g/mol. The van der Waals surface area contributed by atoms with Crippen LogP contribution in [-0.2, 0) is 6.42 Å². The van der Waals surface area contributed by atoms with E-state index in [2.05, 4.69) is 70.9 Å². The van der Waals surface area contributed by atoms with Crippen molar-refractivity contribution in [3.8, 4) is 0 Å². The van der Waals surface area contributed by atoms with E-state index in [-0.39, 0.29) is 0 Å². The van der Waals surface area contributed by atoms with Crippen molar-refractivity contribution >= 4 is 11.8 Å². The predicted octanol–water partition coefficient (Wildman–Crippen LogP) is 7.52. The van der Waals surface area contributed by atoms with Crippen LogP contribution in [0.2, 0.25) is 0 Å². The molecule has 0 fully saturated rings. The molecule has 0 aliphatic heterocycles. The molecule has 0 bridgehead atoms. The van der Waals surface area contributed by atoms with Crippen LogP contribution in [0, 0.1) is 13.8 Å². The Morgan fingerprint density at radius 1 is 1.17 bits per heavy atom. The van der Waals surface area contributed by atoms with Crippen LogP contribution in [-0.4, -0.2) is 0 Å². The van der Waals surface area contributed by atoms with Crippen molar-refractivity contribution in [2.24, 2.45) is 0 Å². The van der Waals surface area contributed by atoms with Crippen LogP contribution < -0.4 is 0 Å². The Morgan fingerprint density at radius 3 is 2.52 bits per heavy atom. The Bertz CT molecular complexity index is 576. The van der Waals surface area contributed by atoms with Crippen LogP contribution in [0.3, 0.4) is 0 Å². The Labute approximate surface area is 147 Å². The van der Waals surface area contributed by atoms with Crippen molar-refractivity contribution < 1.29 is 0 Å². The highest BCUT2D eigenvalue weighted by molar-refractivity contribution is 8.05. The third kappa shape index (κ3) is 7.26. The van der Waals surface area contributed by atoms with Gasteiger partial charge in [0.1, 0.15) is 0 Å². The van der Waals surface area contributed by atoms with Crippen LogP contribution in [0.1, 0.15) is 63.1 Å². The summed E-state index contributed by atoms with van der Waals surface area (Å²) in [6.45, 7) is 15.3. The first-order valence-electron chi connectivity index (χ1n) is 8.74. The van der Waals surface area contributed by atoms with E-state index >= 15 is 0 Å². The Hall–Kier alpha value is -1.21. The van der Waals surface area contributed by atoms with Crippen molar-refractivity contribution in [3.05, 3.63) is 69.0 Å². The molecule has 0 saturated heterocycles. The summed E-state index contributed by atoms with van der Waals surface area (Å²) in [5.74, 6) is 0. The summed E-state index contributed by atoms with van der Waals surface area (Å²) in [6.07, 6.45) is 7.96. The Balaban J connectivity index is 2.56. The van der Waals surface area contributed by atoms with E-state index < -0.39 is 0 Å². The molecule has 1 aromatic carbocycles. The van der Waals surface area contributed by atoms with E-state index in [1.54, 1.807) is 11.8 Å². The van der Waals surface area contributed by atoms with Crippen LogP contribution in [0.5, 0.6) is 0 Å². The number of benzene rings is 1. The first-order valence-corrected chi connectivity index (χ1v) is 9.62. The molecule has 0 saturated carbocycles. The number of hydrogen-bond acceptors (Lipinski definition) is 1. The van der Waals surface area contributed by atoms with Gasteiger partial charge in [-0.25, -0.2) is 0 Å². The van der Waals surface area contributed by atoms with Gasteiger partial charge in [-0.15, -0.1) is 11.8 Å². The average Bonchev–Trinajstić information content (AvgIpc) is 2.51. The van der Waals surface area contributed by atoms with Gasteiger partial charge in [0.15, 0.2) is 0 Å². The lowest BCUT2D eigenvalue weighted by Crippen LogP contribution is -1.91. The van der Waals surface area contributed by atoms with Crippen molar-refractivity contribution in [2.75, 3.05) is 0 Å². The highest BCUT2D eigenvalue weighted by Gasteiger charge is 2.02. The zero-order chi connectivity index (χ0) is 17.2. The molecule has 0 atom stereocenters. The molecular formula is C22H32S. The van der Waals surface area contributed by atoms with E-state index in [1.807, 2.05) is 0 Å². The second kappa shape index (κ2) is 10.5. The topological polar surface area (TPSA) is 0 Å². The minimum absolute atomic E-state index is 1.04. The van der Waals surface area contributed by atoms with Gasteiger partial charge < -0.3 is 0 Å². The molecule has 0 heterocycles. The van der Waals surface area contributed by atoms with Crippen LogP contribution in [0.4, 0.5) is 0 Å². The third-order valence-electron chi connectivity index (χ3n) is 4.05. The summed E-state index contributed by atoms with van der Waals surface area (Å²) in [5, 5.41) is 2.28. The van der Waals surface area contributed by atoms with E-state index in [0.717, 1.165) is 19.3 Å². The first-order chi connectivity index (χ1) is 11.0. The molecule has 0 spiro atoms. The summed E-state index contributed by atoms with van der Waals surface area (Å²) in [7, 11) is 0. The van der Waals surface area contributed by atoms with Crippen LogP contribution >= 0.6 is 11.8 Å².